The third-order valence-corrected chi connectivity index (χ3v) is 3.70. The number of carbonyl (C=O) groups is 1. The lowest BCUT2D eigenvalue weighted by Crippen LogP contribution is -2.38. The fourth-order valence-corrected chi connectivity index (χ4v) is 1.72. The predicted octanol–water partition coefficient (Wildman–Crippen LogP) is 2.80. The largest absolute Gasteiger partial charge is 0.381 e. The summed E-state index contributed by atoms with van der Waals surface area (Å²) >= 11 is 3.11. The molecule has 1 atom stereocenters. The zero-order valence-electron chi connectivity index (χ0n) is 9.83. The highest BCUT2D eigenvalue weighted by molar-refractivity contribution is 9.09. The van der Waals surface area contributed by atoms with E-state index in [0.29, 0.717) is 5.69 Å². The van der Waals surface area contributed by atoms with Gasteiger partial charge in [0, 0.05) is 11.8 Å². The molecule has 0 amide bonds. The Kier molecular flexibility index (Phi) is 4.44. The number of aliphatic hydroxyl groups is 1. The molecule has 90 valence electrons. The number of alkyl halides is 1. The van der Waals surface area contributed by atoms with Crippen molar-refractivity contribution in [2.45, 2.75) is 25.9 Å². The number of ketones is 1. The first kappa shape index (κ1) is 13.9. The molecule has 0 spiro atoms. The third kappa shape index (κ3) is 3.39. The van der Waals surface area contributed by atoms with Crippen LogP contribution in [0.3, 0.4) is 0 Å². The number of hydrogen-bond donors (Lipinski definition) is 1. The highest BCUT2D eigenvalue weighted by Crippen LogP contribution is 2.21. The number of carbonyl (C=O) groups excluding carboxylic acids is 1. The molecule has 0 fully saturated rings. The Bertz CT molecular complexity index is 475. The molecule has 0 aliphatic carbocycles. The van der Waals surface area contributed by atoms with E-state index >= 15 is 0 Å². The third-order valence-electron chi connectivity index (χ3n) is 2.61. The van der Waals surface area contributed by atoms with Crippen LogP contribution in [0.2, 0.25) is 0 Å². The minimum Gasteiger partial charge on any atom is -0.381 e. The van der Waals surface area contributed by atoms with Crippen molar-refractivity contribution >= 4 is 27.4 Å². The predicted molar refractivity (Wildman–Crippen MR) is 70.6 cm³/mol. The van der Waals surface area contributed by atoms with Gasteiger partial charge in [-0.3, -0.25) is 4.79 Å². The summed E-state index contributed by atoms with van der Waals surface area (Å²) in [6, 6.07) is 5.27. The molecule has 4 heteroatoms. The average Bonchev–Trinajstić information content (AvgIpc) is 2.29. The van der Waals surface area contributed by atoms with Crippen LogP contribution in [-0.4, -0.2) is 21.8 Å². The van der Waals surface area contributed by atoms with Gasteiger partial charge in [-0.1, -0.05) is 34.1 Å². The number of hydrogen-bond acceptors (Lipinski definition) is 2. The Morgan fingerprint density at radius 3 is 2.71 bits per heavy atom. The van der Waals surface area contributed by atoms with Gasteiger partial charge in [-0.25, -0.2) is 4.85 Å². The fraction of sp³-hybridized carbons (Fsp3) is 0.385. The zero-order chi connectivity index (χ0) is 13.1. The van der Waals surface area contributed by atoms with Crippen molar-refractivity contribution in [1.82, 2.24) is 0 Å². The maximum Gasteiger partial charge on any atom is 0.190 e. The van der Waals surface area contributed by atoms with Crippen LogP contribution in [0.4, 0.5) is 5.69 Å². The maximum absolute atomic E-state index is 11.8. The Labute approximate surface area is 109 Å². The first-order valence-electron chi connectivity index (χ1n) is 5.19. The summed E-state index contributed by atoms with van der Waals surface area (Å²) in [6.45, 7) is 10.3. The smallest absolute Gasteiger partial charge is 0.190 e. The number of benzene rings is 1. The van der Waals surface area contributed by atoms with E-state index in [1.54, 1.807) is 12.1 Å². The topological polar surface area (TPSA) is 41.7 Å². The molecule has 1 aromatic rings. The maximum atomic E-state index is 11.8. The van der Waals surface area contributed by atoms with Crippen molar-refractivity contribution in [3.63, 3.8) is 0 Å². The highest BCUT2D eigenvalue weighted by Gasteiger charge is 2.28. The summed E-state index contributed by atoms with van der Waals surface area (Å²) in [5, 5.41) is 10.00. The van der Waals surface area contributed by atoms with Crippen LogP contribution < -0.4 is 0 Å². The molecule has 1 N–H and O–H groups in total. The van der Waals surface area contributed by atoms with Gasteiger partial charge in [0.1, 0.15) is 5.60 Å². The van der Waals surface area contributed by atoms with Crippen molar-refractivity contribution in [3.8, 4) is 0 Å². The van der Waals surface area contributed by atoms with E-state index < -0.39 is 5.60 Å². The highest BCUT2D eigenvalue weighted by atomic mass is 79.9. The van der Waals surface area contributed by atoms with Gasteiger partial charge in [0.25, 0.3) is 0 Å². The standard InChI is InChI=1S/C13H14BrNO2/c1-9-6-10(4-5-11(9)15-3)7-12(16)13(2,17)8-14/h4-6,17H,7-8H2,1-2H3/t13-/m0/s1. The van der Waals surface area contributed by atoms with E-state index in [2.05, 4.69) is 20.8 Å². The van der Waals surface area contributed by atoms with Crippen LogP contribution in [-0.2, 0) is 11.2 Å². The monoisotopic (exact) mass is 295 g/mol. The summed E-state index contributed by atoms with van der Waals surface area (Å²) in [5.74, 6) is -0.232. The number of aryl methyl sites for hydroxylation is 1. The van der Waals surface area contributed by atoms with Crippen LogP contribution in [0.1, 0.15) is 18.1 Å². The first-order chi connectivity index (χ1) is 7.90. The van der Waals surface area contributed by atoms with Crippen molar-refractivity contribution in [1.29, 1.82) is 0 Å². The van der Waals surface area contributed by atoms with E-state index in [9.17, 15) is 9.90 Å². The van der Waals surface area contributed by atoms with Crippen LogP contribution in [0.5, 0.6) is 0 Å². The lowest BCUT2D eigenvalue weighted by molar-refractivity contribution is -0.132. The number of Topliss-reactive ketones (excluding diaryl/α,β-unsaturated/α-hetero) is 1. The van der Waals surface area contributed by atoms with Gasteiger partial charge in [0.05, 0.1) is 6.57 Å². The molecule has 0 aromatic heterocycles. The molecule has 17 heavy (non-hydrogen) atoms. The lowest BCUT2D eigenvalue weighted by atomic mass is 9.96. The van der Waals surface area contributed by atoms with Crippen molar-refractivity contribution in [2.75, 3.05) is 5.33 Å². The Morgan fingerprint density at radius 2 is 2.24 bits per heavy atom. The van der Waals surface area contributed by atoms with E-state index in [1.807, 2.05) is 13.0 Å². The fourth-order valence-electron chi connectivity index (χ4n) is 1.40. The van der Waals surface area contributed by atoms with Gasteiger partial charge in [-0.2, -0.15) is 0 Å². The van der Waals surface area contributed by atoms with Gasteiger partial charge in [0.2, 0.25) is 0 Å². The second-order valence-electron chi connectivity index (χ2n) is 4.24. The summed E-state index contributed by atoms with van der Waals surface area (Å²) in [7, 11) is 0. The average molecular weight is 296 g/mol. The molecule has 0 aliphatic rings. The number of nitrogens with zero attached hydrogens (tertiary/aromatic N) is 1. The summed E-state index contributed by atoms with van der Waals surface area (Å²) in [4.78, 5) is 15.2. The Morgan fingerprint density at radius 1 is 1.59 bits per heavy atom. The Hall–Kier alpha value is -1.18. The van der Waals surface area contributed by atoms with Gasteiger partial charge >= 0.3 is 0 Å². The lowest BCUT2D eigenvalue weighted by Gasteiger charge is -2.18. The van der Waals surface area contributed by atoms with Gasteiger partial charge in [-0.05, 0) is 25.0 Å². The van der Waals surface area contributed by atoms with Gasteiger partial charge < -0.3 is 5.11 Å². The van der Waals surface area contributed by atoms with Crippen molar-refractivity contribution in [3.05, 3.63) is 40.7 Å². The molecule has 0 radical (unpaired) electrons. The van der Waals surface area contributed by atoms with Crippen molar-refractivity contribution < 1.29 is 9.90 Å². The van der Waals surface area contributed by atoms with Crippen LogP contribution in [0.25, 0.3) is 4.85 Å². The van der Waals surface area contributed by atoms with Crippen LogP contribution in [0, 0.1) is 13.5 Å². The summed E-state index contributed by atoms with van der Waals surface area (Å²) in [6.07, 6.45) is 0.178. The van der Waals surface area contributed by atoms with E-state index in [0.717, 1.165) is 11.1 Å². The second-order valence-corrected chi connectivity index (χ2v) is 4.80. The van der Waals surface area contributed by atoms with E-state index in [1.165, 1.54) is 6.92 Å². The van der Waals surface area contributed by atoms with Gasteiger partial charge in [-0.15, -0.1) is 0 Å². The normalized spacial score (nSPS) is 13.8. The molecule has 3 nitrogen and oxygen atoms in total. The molecule has 0 saturated heterocycles. The summed E-state index contributed by atoms with van der Waals surface area (Å²) in [5.41, 5.74) is 0.921. The minimum atomic E-state index is -1.34. The van der Waals surface area contributed by atoms with Gasteiger partial charge in [0.15, 0.2) is 11.5 Å². The minimum absolute atomic E-state index is 0.178. The molecule has 0 bridgehead atoms. The second kappa shape index (κ2) is 5.44. The van der Waals surface area contributed by atoms with E-state index in [-0.39, 0.29) is 17.5 Å². The Balaban J connectivity index is 2.88. The molecule has 0 saturated carbocycles. The van der Waals surface area contributed by atoms with Crippen LogP contribution >= 0.6 is 15.9 Å². The first-order valence-corrected chi connectivity index (χ1v) is 6.31. The quantitative estimate of drug-likeness (QED) is 0.685. The molecule has 1 aromatic carbocycles. The SMILES string of the molecule is [C-]#[N+]c1ccc(CC(=O)[C@@](C)(O)CBr)cc1C. The molecular formula is C13H14BrNO2. The number of rotatable bonds is 4. The van der Waals surface area contributed by atoms with Crippen LogP contribution in [0.15, 0.2) is 18.2 Å². The number of halogens is 1. The summed E-state index contributed by atoms with van der Waals surface area (Å²) < 4.78 is 0. The zero-order valence-corrected chi connectivity index (χ0v) is 11.4. The molecule has 1 rings (SSSR count). The molecule has 0 aliphatic heterocycles. The van der Waals surface area contributed by atoms with E-state index in [4.69, 9.17) is 6.57 Å². The molecule has 0 heterocycles. The molecule has 0 unspecified atom stereocenters. The molecular weight excluding hydrogens is 282 g/mol. The van der Waals surface area contributed by atoms with Crippen molar-refractivity contribution in [2.24, 2.45) is 0 Å².